The highest BCUT2D eigenvalue weighted by molar-refractivity contribution is 5.28. The normalized spacial score (nSPS) is 34.2. The van der Waals surface area contributed by atoms with Crippen molar-refractivity contribution >= 4 is 0 Å². The van der Waals surface area contributed by atoms with Crippen molar-refractivity contribution in [3.8, 4) is 0 Å². The zero-order valence-electron chi connectivity index (χ0n) is 12.5. The Kier molecular flexibility index (Phi) is 4.60. The van der Waals surface area contributed by atoms with Crippen LogP contribution in [-0.4, -0.2) is 47.7 Å². The fraction of sp³-hybridized carbons (Fsp3) is 0.647. The highest BCUT2D eigenvalue weighted by atomic mass is 16.5. The highest BCUT2D eigenvalue weighted by Crippen LogP contribution is 2.36. The third-order valence-corrected chi connectivity index (χ3v) is 4.85. The first kappa shape index (κ1) is 15.0. The van der Waals surface area contributed by atoms with Gasteiger partial charge in [0.2, 0.25) is 0 Å². The summed E-state index contributed by atoms with van der Waals surface area (Å²) in [5.41, 5.74) is 2.42. The minimum Gasteiger partial charge on any atom is -0.390 e. The lowest BCUT2D eigenvalue weighted by molar-refractivity contribution is 0.0205. The smallest absolute Gasteiger partial charge is 0.0957 e. The molecule has 3 rings (SSSR count). The van der Waals surface area contributed by atoms with Gasteiger partial charge in [-0.25, -0.2) is 0 Å². The van der Waals surface area contributed by atoms with E-state index in [0.717, 1.165) is 26.1 Å². The number of aliphatic hydroxyl groups is 2. The zero-order valence-corrected chi connectivity index (χ0v) is 12.5. The maximum absolute atomic E-state index is 10.3. The molecule has 0 aromatic heterocycles. The summed E-state index contributed by atoms with van der Waals surface area (Å²) in [6.07, 6.45) is 1.22. The zero-order chi connectivity index (χ0) is 14.8. The lowest BCUT2D eigenvalue weighted by Crippen LogP contribution is -2.48. The van der Waals surface area contributed by atoms with Crippen LogP contribution in [0.25, 0.3) is 0 Å². The van der Waals surface area contributed by atoms with E-state index in [2.05, 4.69) is 36.5 Å². The summed E-state index contributed by atoms with van der Waals surface area (Å²) in [4.78, 5) is 0. The first-order valence-corrected chi connectivity index (χ1v) is 7.91. The van der Waals surface area contributed by atoms with Gasteiger partial charge in [0.15, 0.2) is 0 Å². The van der Waals surface area contributed by atoms with E-state index in [1.54, 1.807) is 0 Å². The molecule has 0 spiro atoms. The van der Waals surface area contributed by atoms with Gasteiger partial charge in [0.05, 0.1) is 12.2 Å². The molecular weight excluding hydrogens is 266 g/mol. The van der Waals surface area contributed by atoms with Gasteiger partial charge in [-0.1, -0.05) is 29.8 Å². The second-order valence-corrected chi connectivity index (χ2v) is 6.39. The SMILES string of the molecule is Cc1ccc([C@H]2C[C@@H](O)[C@@H](O)[C@@H]2NC2CCOCC2)cc1. The molecule has 1 heterocycles. The van der Waals surface area contributed by atoms with Crippen molar-refractivity contribution in [2.45, 2.75) is 56.4 Å². The van der Waals surface area contributed by atoms with E-state index >= 15 is 0 Å². The van der Waals surface area contributed by atoms with Crippen LogP contribution in [0.15, 0.2) is 24.3 Å². The molecule has 1 aromatic rings. The predicted molar refractivity (Wildman–Crippen MR) is 81.3 cm³/mol. The molecule has 116 valence electrons. The first-order chi connectivity index (χ1) is 10.1. The van der Waals surface area contributed by atoms with Crippen molar-refractivity contribution in [3.05, 3.63) is 35.4 Å². The molecule has 1 saturated carbocycles. The van der Waals surface area contributed by atoms with Crippen LogP contribution in [0, 0.1) is 6.92 Å². The Balaban J connectivity index is 1.75. The van der Waals surface area contributed by atoms with Crippen LogP contribution < -0.4 is 5.32 Å². The van der Waals surface area contributed by atoms with Crippen molar-refractivity contribution < 1.29 is 14.9 Å². The van der Waals surface area contributed by atoms with E-state index in [1.807, 2.05) is 0 Å². The van der Waals surface area contributed by atoms with Crippen LogP contribution in [0.4, 0.5) is 0 Å². The van der Waals surface area contributed by atoms with E-state index in [9.17, 15) is 10.2 Å². The Labute approximate surface area is 126 Å². The Hall–Kier alpha value is -0.940. The number of aryl methyl sites for hydroxylation is 1. The number of rotatable bonds is 3. The van der Waals surface area contributed by atoms with Gasteiger partial charge in [0, 0.05) is 31.2 Å². The summed E-state index contributed by atoms with van der Waals surface area (Å²) in [5, 5.41) is 24.0. The molecule has 0 radical (unpaired) electrons. The quantitative estimate of drug-likeness (QED) is 0.786. The molecule has 1 saturated heterocycles. The van der Waals surface area contributed by atoms with E-state index < -0.39 is 12.2 Å². The van der Waals surface area contributed by atoms with Crippen molar-refractivity contribution in [1.29, 1.82) is 0 Å². The van der Waals surface area contributed by atoms with Gasteiger partial charge in [0.25, 0.3) is 0 Å². The predicted octanol–water partition coefficient (Wildman–Crippen LogP) is 1.34. The summed E-state index contributed by atoms with van der Waals surface area (Å²) >= 11 is 0. The van der Waals surface area contributed by atoms with Crippen molar-refractivity contribution in [2.75, 3.05) is 13.2 Å². The van der Waals surface area contributed by atoms with Crippen molar-refractivity contribution in [3.63, 3.8) is 0 Å². The van der Waals surface area contributed by atoms with Gasteiger partial charge in [-0.3, -0.25) is 0 Å². The van der Waals surface area contributed by atoms with Gasteiger partial charge in [-0.05, 0) is 31.7 Å². The Morgan fingerprint density at radius 3 is 2.43 bits per heavy atom. The molecule has 0 bridgehead atoms. The molecule has 4 atom stereocenters. The third kappa shape index (κ3) is 3.29. The molecule has 21 heavy (non-hydrogen) atoms. The van der Waals surface area contributed by atoms with Crippen LogP contribution in [0.5, 0.6) is 0 Å². The summed E-state index contributed by atoms with van der Waals surface area (Å²) < 4.78 is 5.38. The molecule has 1 aromatic carbocycles. The summed E-state index contributed by atoms with van der Waals surface area (Å²) in [7, 11) is 0. The Morgan fingerprint density at radius 2 is 1.76 bits per heavy atom. The van der Waals surface area contributed by atoms with Crippen LogP contribution >= 0.6 is 0 Å². The summed E-state index contributed by atoms with van der Waals surface area (Å²) in [5.74, 6) is 0.165. The minimum atomic E-state index is -0.695. The number of hydrogen-bond acceptors (Lipinski definition) is 4. The van der Waals surface area contributed by atoms with Crippen LogP contribution in [0.2, 0.25) is 0 Å². The Bertz CT molecular complexity index is 456. The minimum absolute atomic E-state index is 0.0780. The molecule has 1 aliphatic carbocycles. The van der Waals surface area contributed by atoms with Crippen LogP contribution in [0.1, 0.15) is 36.3 Å². The first-order valence-electron chi connectivity index (χ1n) is 7.91. The number of aliphatic hydroxyl groups excluding tert-OH is 2. The summed E-state index contributed by atoms with van der Waals surface area (Å²) in [6, 6.07) is 8.71. The van der Waals surface area contributed by atoms with E-state index in [0.29, 0.717) is 12.5 Å². The monoisotopic (exact) mass is 291 g/mol. The van der Waals surface area contributed by atoms with Crippen LogP contribution in [-0.2, 0) is 4.74 Å². The fourth-order valence-electron chi connectivity index (χ4n) is 3.53. The number of benzene rings is 1. The summed E-state index contributed by atoms with van der Waals surface area (Å²) in [6.45, 7) is 3.62. The number of hydrogen-bond donors (Lipinski definition) is 3. The lowest BCUT2D eigenvalue weighted by Gasteiger charge is -2.31. The molecule has 4 heteroatoms. The van der Waals surface area contributed by atoms with Gasteiger partial charge in [-0.15, -0.1) is 0 Å². The second kappa shape index (κ2) is 6.44. The molecule has 0 unspecified atom stereocenters. The van der Waals surface area contributed by atoms with Gasteiger partial charge in [0.1, 0.15) is 0 Å². The maximum atomic E-state index is 10.3. The molecule has 3 N–H and O–H groups in total. The number of ether oxygens (including phenoxy) is 1. The largest absolute Gasteiger partial charge is 0.390 e. The molecule has 2 fully saturated rings. The molecule has 4 nitrogen and oxygen atoms in total. The van der Waals surface area contributed by atoms with Crippen molar-refractivity contribution in [2.24, 2.45) is 0 Å². The number of nitrogens with one attached hydrogen (secondary N) is 1. The van der Waals surface area contributed by atoms with Crippen LogP contribution in [0.3, 0.4) is 0 Å². The van der Waals surface area contributed by atoms with Gasteiger partial charge in [-0.2, -0.15) is 0 Å². The molecule has 1 aliphatic heterocycles. The van der Waals surface area contributed by atoms with Crippen molar-refractivity contribution in [1.82, 2.24) is 5.32 Å². The highest BCUT2D eigenvalue weighted by Gasteiger charge is 2.43. The third-order valence-electron chi connectivity index (χ3n) is 4.85. The van der Waals surface area contributed by atoms with Gasteiger partial charge >= 0.3 is 0 Å². The Morgan fingerprint density at radius 1 is 1.10 bits per heavy atom. The average Bonchev–Trinajstić information content (AvgIpc) is 2.78. The lowest BCUT2D eigenvalue weighted by atomic mass is 9.92. The maximum Gasteiger partial charge on any atom is 0.0957 e. The second-order valence-electron chi connectivity index (χ2n) is 6.39. The van der Waals surface area contributed by atoms with E-state index in [-0.39, 0.29) is 12.0 Å². The van der Waals surface area contributed by atoms with E-state index in [1.165, 1.54) is 11.1 Å². The fourth-order valence-corrected chi connectivity index (χ4v) is 3.53. The topological polar surface area (TPSA) is 61.7 Å². The standard InChI is InChI=1S/C17H25NO3/c1-11-2-4-12(5-3-11)14-10-15(19)17(20)16(14)18-13-6-8-21-9-7-13/h2-5,13-20H,6-10H2,1H3/t14-,15-,16-,17-/m1/s1. The molecule has 0 amide bonds. The average molecular weight is 291 g/mol. The molecular formula is C17H25NO3. The van der Waals surface area contributed by atoms with E-state index in [4.69, 9.17) is 4.74 Å². The molecule has 2 aliphatic rings. The van der Waals surface area contributed by atoms with Gasteiger partial charge < -0.3 is 20.3 Å².